The van der Waals surface area contributed by atoms with E-state index in [1.807, 2.05) is 54.6 Å². The van der Waals surface area contributed by atoms with E-state index in [4.69, 9.17) is 0 Å². The average molecular weight is 404 g/mol. The summed E-state index contributed by atoms with van der Waals surface area (Å²) in [5, 5.41) is 7.86. The minimum absolute atomic E-state index is 0.117. The fraction of sp³-hybridized carbons (Fsp3) is 0.280. The molecule has 0 unspecified atom stereocenters. The molecule has 0 saturated carbocycles. The zero-order valence-corrected chi connectivity index (χ0v) is 17.7. The minimum Gasteiger partial charge on any atom is -0.352 e. The van der Waals surface area contributed by atoms with Gasteiger partial charge in [0, 0.05) is 30.8 Å². The van der Waals surface area contributed by atoms with Gasteiger partial charge in [-0.05, 0) is 53.7 Å². The van der Waals surface area contributed by atoms with Gasteiger partial charge in [-0.3, -0.25) is 14.5 Å². The Hall–Kier alpha value is -3.18. The first-order valence-corrected chi connectivity index (χ1v) is 10.5. The van der Waals surface area contributed by atoms with Gasteiger partial charge in [0.05, 0.1) is 0 Å². The molecule has 5 nitrogen and oxygen atoms in total. The monoisotopic (exact) mass is 403 g/mol. The Labute approximate surface area is 178 Å². The first-order valence-electron chi connectivity index (χ1n) is 10.5. The van der Waals surface area contributed by atoms with Gasteiger partial charge in [-0.1, -0.05) is 56.3 Å². The summed E-state index contributed by atoms with van der Waals surface area (Å²) in [7, 11) is 0. The molecule has 0 bridgehead atoms. The molecule has 0 atom stereocenters. The van der Waals surface area contributed by atoms with Gasteiger partial charge < -0.3 is 10.6 Å². The van der Waals surface area contributed by atoms with Crippen molar-refractivity contribution in [1.82, 2.24) is 10.2 Å². The number of nitrogens with zero attached hydrogens (tertiary/aromatic N) is 1. The number of benzene rings is 3. The largest absolute Gasteiger partial charge is 0.352 e. The molecule has 3 aromatic rings. The van der Waals surface area contributed by atoms with Crippen molar-refractivity contribution in [2.45, 2.75) is 26.8 Å². The molecule has 0 saturated heterocycles. The molecule has 0 heterocycles. The van der Waals surface area contributed by atoms with E-state index in [1.165, 1.54) is 5.56 Å². The van der Waals surface area contributed by atoms with Gasteiger partial charge in [0.1, 0.15) is 0 Å². The summed E-state index contributed by atoms with van der Waals surface area (Å²) in [6.07, 6.45) is 0.222. The van der Waals surface area contributed by atoms with Crippen LogP contribution in [-0.4, -0.2) is 36.3 Å². The lowest BCUT2D eigenvalue weighted by atomic mass is 10.1. The van der Waals surface area contributed by atoms with E-state index < -0.39 is 0 Å². The Morgan fingerprint density at radius 2 is 1.63 bits per heavy atom. The van der Waals surface area contributed by atoms with Crippen molar-refractivity contribution in [1.29, 1.82) is 0 Å². The molecule has 0 aliphatic heterocycles. The third-order valence-corrected chi connectivity index (χ3v) is 5.16. The standard InChI is InChI=1S/C25H29N3O2/c1-3-28(4-2)18-19-8-7-11-23(16-19)27-24(29)14-15-26-25(30)22-13-12-20-9-5-6-10-21(20)17-22/h5-13,16-17H,3-4,14-15,18H2,1-2H3,(H,26,30)(H,27,29). The molecule has 5 heteroatoms. The maximum absolute atomic E-state index is 12.4. The van der Waals surface area contributed by atoms with E-state index in [9.17, 15) is 9.59 Å². The first-order chi connectivity index (χ1) is 14.6. The minimum atomic E-state index is -0.172. The fourth-order valence-corrected chi connectivity index (χ4v) is 3.40. The number of rotatable bonds is 9. The predicted molar refractivity (Wildman–Crippen MR) is 123 cm³/mol. The van der Waals surface area contributed by atoms with E-state index in [0.717, 1.165) is 36.1 Å². The molecule has 30 heavy (non-hydrogen) atoms. The third kappa shape index (κ3) is 5.91. The van der Waals surface area contributed by atoms with Crippen LogP contribution in [0.1, 0.15) is 36.2 Å². The average Bonchev–Trinajstić information content (AvgIpc) is 2.77. The van der Waals surface area contributed by atoms with Crippen molar-refractivity contribution in [2.75, 3.05) is 25.0 Å². The zero-order valence-electron chi connectivity index (χ0n) is 17.7. The van der Waals surface area contributed by atoms with Gasteiger partial charge in [-0.15, -0.1) is 0 Å². The lowest BCUT2D eigenvalue weighted by Crippen LogP contribution is -2.27. The van der Waals surface area contributed by atoms with Crippen molar-refractivity contribution in [2.24, 2.45) is 0 Å². The Bertz CT molecular complexity index is 1010. The molecule has 2 N–H and O–H groups in total. The molecule has 0 aliphatic carbocycles. The van der Waals surface area contributed by atoms with Crippen LogP contribution >= 0.6 is 0 Å². The Morgan fingerprint density at radius 3 is 2.40 bits per heavy atom. The van der Waals surface area contributed by atoms with E-state index in [-0.39, 0.29) is 24.8 Å². The Kier molecular flexibility index (Phi) is 7.57. The van der Waals surface area contributed by atoms with Crippen LogP contribution in [-0.2, 0) is 11.3 Å². The molecular weight excluding hydrogens is 374 g/mol. The number of hydrogen-bond donors (Lipinski definition) is 2. The van der Waals surface area contributed by atoms with Gasteiger partial charge in [-0.2, -0.15) is 0 Å². The van der Waals surface area contributed by atoms with Gasteiger partial charge in [0.2, 0.25) is 5.91 Å². The molecule has 0 spiro atoms. The number of fused-ring (bicyclic) bond motifs is 1. The van der Waals surface area contributed by atoms with Crippen molar-refractivity contribution in [3.05, 3.63) is 77.9 Å². The summed E-state index contributed by atoms with van der Waals surface area (Å²) < 4.78 is 0. The van der Waals surface area contributed by atoms with E-state index in [1.54, 1.807) is 6.07 Å². The number of hydrogen-bond acceptors (Lipinski definition) is 3. The lowest BCUT2D eigenvalue weighted by molar-refractivity contribution is -0.116. The topological polar surface area (TPSA) is 61.4 Å². The maximum Gasteiger partial charge on any atom is 0.251 e. The zero-order chi connectivity index (χ0) is 21.3. The number of carbonyl (C=O) groups is 2. The number of anilines is 1. The van der Waals surface area contributed by atoms with Crippen LogP contribution in [0, 0.1) is 0 Å². The first kappa shape index (κ1) is 21.5. The van der Waals surface area contributed by atoms with Gasteiger partial charge >= 0.3 is 0 Å². The SMILES string of the molecule is CCN(CC)Cc1cccc(NC(=O)CCNC(=O)c2ccc3ccccc3c2)c1. The molecule has 2 amide bonds. The van der Waals surface area contributed by atoms with Crippen molar-refractivity contribution >= 4 is 28.3 Å². The highest BCUT2D eigenvalue weighted by atomic mass is 16.2. The van der Waals surface area contributed by atoms with E-state index in [0.29, 0.717) is 5.56 Å². The second-order valence-electron chi connectivity index (χ2n) is 7.28. The van der Waals surface area contributed by atoms with Gasteiger partial charge in [0.25, 0.3) is 5.91 Å². The highest BCUT2D eigenvalue weighted by Gasteiger charge is 2.09. The van der Waals surface area contributed by atoms with Crippen LogP contribution in [0.3, 0.4) is 0 Å². The van der Waals surface area contributed by atoms with Crippen LogP contribution in [0.5, 0.6) is 0 Å². The summed E-state index contributed by atoms with van der Waals surface area (Å²) in [6, 6.07) is 21.4. The summed E-state index contributed by atoms with van der Waals surface area (Å²) in [5.74, 6) is -0.288. The van der Waals surface area contributed by atoms with Crippen molar-refractivity contribution < 1.29 is 9.59 Å². The highest BCUT2D eigenvalue weighted by Crippen LogP contribution is 2.16. The maximum atomic E-state index is 12.4. The smallest absolute Gasteiger partial charge is 0.251 e. The molecule has 3 rings (SSSR count). The van der Waals surface area contributed by atoms with Crippen LogP contribution in [0.2, 0.25) is 0 Å². The molecule has 0 aromatic heterocycles. The second-order valence-corrected chi connectivity index (χ2v) is 7.28. The molecule has 0 radical (unpaired) electrons. The molecule has 0 aliphatic rings. The summed E-state index contributed by atoms with van der Waals surface area (Å²) in [4.78, 5) is 27.0. The van der Waals surface area contributed by atoms with Crippen molar-refractivity contribution in [3.63, 3.8) is 0 Å². The van der Waals surface area contributed by atoms with E-state index >= 15 is 0 Å². The molecular formula is C25H29N3O2. The summed E-state index contributed by atoms with van der Waals surface area (Å²) in [6.45, 7) is 7.41. The van der Waals surface area contributed by atoms with Gasteiger partial charge in [0.15, 0.2) is 0 Å². The molecule has 3 aromatic carbocycles. The van der Waals surface area contributed by atoms with Crippen molar-refractivity contribution in [3.8, 4) is 0 Å². The Balaban J connectivity index is 1.49. The molecule has 156 valence electrons. The second kappa shape index (κ2) is 10.6. The van der Waals surface area contributed by atoms with Crippen LogP contribution < -0.4 is 10.6 Å². The van der Waals surface area contributed by atoms with Crippen LogP contribution in [0.25, 0.3) is 10.8 Å². The Morgan fingerprint density at radius 1 is 0.867 bits per heavy atom. The number of nitrogens with one attached hydrogen (secondary N) is 2. The summed E-state index contributed by atoms with van der Waals surface area (Å²) in [5.41, 5.74) is 2.55. The van der Waals surface area contributed by atoms with Gasteiger partial charge in [-0.25, -0.2) is 0 Å². The normalized spacial score (nSPS) is 10.9. The quantitative estimate of drug-likeness (QED) is 0.555. The predicted octanol–water partition coefficient (Wildman–Crippen LogP) is 4.44. The summed E-state index contributed by atoms with van der Waals surface area (Å²) >= 11 is 0. The fourth-order valence-electron chi connectivity index (χ4n) is 3.40. The van der Waals surface area contributed by atoms with Crippen LogP contribution in [0.4, 0.5) is 5.69 Å². The van der Waals surface area contributed by atoms with E-state index in [2.05, 4.69) is 35.4 Å². The highest BCUT2D eigenvalue weighted by molar-refractivity contribution is 5.99. The number of amides is 2. The van der Waals surface area contributed by atoms with Crippen LogP contribution in [0.15, 0.2) is 66.7 Å². The third-order valence-electron chi connectivity index (χ3n) is 5.16. The number of carbonyl (C=O) groups excluding carboxylic acids is 2. The molecule has 0 fully saturated rings. The lowest BCUT2D eigenvalue weighted by Gasteiger charge is -2.18.